The fourth-order valence-electron chi connectivity index (χ4n) is 2.92. The zero-order valence-corrected chi connectivity index (χ0v) is 12.7. The van der Waals surface area contributed by atoms with Crippen LogP contribution in [0.5, 0.6) is 0 Å². The Morgan fingerprint density at radius 2 is 2.19 bits per heavy atom. The average Bonchev–Trinajstić information content (AvgIpc) is 2.95. The summed E-state index contributed by atoms with van der Waals surface area (Å²) in [5.41, 5.74) is 3.29. The van der Waals surface area contributed by atoms with Gasteiger partial charge in [-0.25, -0.2) is 9.59 Å². The molecule has 5 nitrogen and oxygen atoms in total. The van der Waals surface area contributed by atoms with Crippen LogP contribution in [0.25, 0.3) is 0 Å². The predicted molar refractivity (Wildman–Crippen MR) is 82.8 cm³/mol. The standard InChI is InChI=1S/C15H18N2O3S/c1-10-4-5-12-11(7-10)3-2-6-16(12)15(20)17-9-21-8-13(17)14(18)19/h4-5,7,13H,2-3,6,8-9H2,1H3,(H,18,19)/t13-/m0/s1. The minimum absolute atomic E-state index is 0.183. The quantitative estimate of drug-likeness (QED) is 0.865. The lowest BCUT2D eigenvalue weighted by Gasteiger charge is -2.34. The molecule has 0 radical (unpaired) electrons. The molecule has 2 amide bonds. The number of anilines is 1. The van der Waals surface area contributed by atoms with Gasteiger partial charge in [-0.2, -0.15) is 0 Å². The molecule has 1 aromatic rings. The van der Waals surface area contributed by atoms with Crippen molar-refractivity contribution in [3.63, 3.8) is 0 Å². The van der Waals surface area contributed by atoms with E-state index >= 15 is 0 Å². The molecule has 2 aliphatic heterocycles. The maximum atomic E-state index is 12.7. The van der Waals surface area contributed by atoms with Crippen molar-refractivity contribution in [1.82, 2.24) is 4.90 Å². The van der Waals surface area contributed by atoms with Crippen LogP contribution in [0.2, 0.25) is 0 Å². The first-order valence-electron chi connectivity index (χ1n) is 7.06. The molecule has 2 aliphatic rings. The van der Waals surface area contributed by atoms with E-state index in [2.05, 4.69) is 6.07 Å². The lowest BCUT2D eigenvalue weighted by Crippen LogP contribution is -2.50. The number of urea groups is 1. The Kier molecular flexibility index (Phi) is 3.80. The van der Waals surface area contributed by atoms with Crippen molar-refractivity contribution in [2.45, 2.75) is 25.8 Å². The lowest BCUT2D eigenvalue weighted by atomic mass is 10.00. The summed E-state index contributed by atoms with van der Waals surface area (Å²) in [6.07, 6.45) is 1.89. The van der Waals surface area contributed by atoms with Gasteiger partial charge >= 0.3 is 12.0 Å². The molecule has 1 atom stereocenters. The van der Waals surface area contributed by atoms with Crippen LogP contribution in [0.15, 0.2) is 18.2 Å². The summed E-state index contributed by atoms with van der Waals surface area (Å²) in [6.45, 7) is 2.70. The van der Waals surface area contributed by atoms with Gasteiger partial charge in [0.25, 0.3) is 0 Å². The number of carbonyl (C=O) groups is 2. The number of rotatable bonds is 1. The second kappa shape index (κ2) is 5.60. The van der Waals surface area contributed by atoms with Gasteiger partial charge in [-0.05, 0) is 31.4 Å². The van der Waals surface area contributed by atoms with Gasteiger partial charge in [-0.15, -0.1) is 11.8 Å². The first kappa shape index (κ1) is 14.3. The molecule has 3 rings (SSSR count). The Morgan fingerprint density at radius 1 is 1.38 bits per heavy atom. The summed E-state index contributed by atoms with van der Waals surface area (Å²) in [4.78, 5) is 27.2. The van der Waals surface area contributed by atoms with Crippen LogP contribution in [0.4, 0.5) is 10.5 Å². The fraction of sp³-hybridized carbons (Fsp3) is 0.467. The smallest absolute Gasteiger partial charge is 0.327 e. The monoisotopic (exact) mass is 306 g/mol. The number of thioether (sulfide) groups is 1. The first-order valence-corrected chi connectivity index (χ1v) is 8.21. The average molecular weight is 306 g/mol. The second-order valence-corrected chi connectivity index (χ2v) is 6.49. The van der Waals surface area contributed by atoms with E-state index in [-0.39, 0.29) is 6.03 Å². The Labute approximate surface area is 127 Å². The topological polar surface area (TPSA) is 60.9 Å². The molecular formula is C15H18N2O3S. The number of fused-ring (bicyclic) bond motifs is 1. The highest BCUT2D eigenvalue weighted by atomic mass is 32.2. The van der Waals surface area contributed by atoms with E-state index in [1.165, 1.54) is 27.8 Å². The largest absolute Gasteiger partial charge is 0.480 e. The maximum Gasteiger partial charge on any atom is 0.327 e. The summed E-state index contributed by atoms with van der Waals surface area (Å²) in [5, 5.41) is 9.24. The van der Waals surface area contributed by atoms with Gasteiger partial charge < -0.3 is 10.0 Å². The number of carboxylic acid groups (broad SMARTS) is 1. The van der Waals surface area contributed by atoms with Crippen molar-refractivity contribution in [2.75, 3.05) is 23.1 Å². The molecule has 112 valence electrons. The molecule has 0 spiro atoms. The van der Waals surface area contributed by atoms with Gasteiger partial charge in [0.15, 0.2) is 0 Å². The number of amides is 2. The molecule has 1 saturated heterocycles. The van der Waals surface area contributed by atoms with Gasteiger partial charge in [0.2, 0.25) is 0 Å². The Hall–Kier alpha value is -1.69. The highest BCUT2D eigenvalue weighted by Crippen LogP contribution is 2.31. The highest BCUT2D eigenvalue weighted by molar-refractivity contribution is 7.99. The third kappa shape index (κ3) is 2.60. The molecule has 1 aromatic carbocycles. The third-order valence-corrected chi connectivity index (χ3v) is 5.01. The fourth-order valence-corrected chi connectivity index (χ4v) is 4.05. The van der Waals surface area contributed by atoms with E-state index < -0.39 is 12.0 Å². The van der Waals surface area contributed by atoms with E-state index in [0.717, 1.165) is 18.5 Å². The van der Waals surface area contributed by atoms with Gasteiger partial charge in [-0.1, -0.05) is 17.7 Å². The van der Waals surface area contributed by atoms with E-state index in [1.54, 1.807) is 4.90 Å². The third-order valence-electron chi connectivity index (χ3n) is 4.00. The molecule has 21 heavy (non-hydrogen) atoms. The van der Waals surface area contributed by atoms with Crippen LogP contribution in [0.1, 0.15) is 17.5 Å². The summed E-state index contributed by atoms with van der Waals surface area (Å²) in [7, 11) is 0. The molecular weight excluding hydrogens is 288 g/mol. The number of aryl methyl sites for hydroxylation is 2. The molecule has 0 aliphatic carbocycles. The number of carbonyl (C=O) groups excluding carboxylic acids is 1. The predicted octanol–water partition coefficient (Wildman–Crippen LogP) is 2.33. The van der Waals surface area contributed by atoms with Crippen molar-refractivity contribution in [2.24, 2.45) is 0 Å². The van der Waals surface area contributed by atoms with E-state index in [1.807, 2.05) is 19.1 Å². The van der Waals surface area contributed by atoms with Gasteiger partial charge in [0.05, 0.1) is 5.88 Å². The normalized spacial score (nSPS) is 21.3. The summed E-state index contributed by atoms with van der Waals surface area (Å²) < 4.78 is 0. The van der Waals surface area contributed by atoms with Gasteiger partial charge in [0.1, 0.15) is 6.04 Å². The number of carboxylic acids is 1. The number of aliphatic carboxylic acids is 1. The van der Waals surface area contributed by atoms with Crippen LogP contribution >= 0.6 is 11.8 Å². The van der Waals surface area contributed by atoms with Crippen molar-refractivity contribution in [3.05, 3.63) is 29.3 Å². The van der Waals surface area contributed by atoms with Crippen LogP contribution in [-0.2, 0) is 11.2 Å². The summed E-state index contributed by atoms with van der Waals surface area (Å²) in [6, 6.07) is 5.19. The van der Waals surface area contributed by atoms with Crippen LogP contribution < -0.4 is 4.90 Å². The molecule has 1 N–H and O–H groups in total. The van der Waals surface area contributed by atoms with Crippen LogP contribution in [0, 0.1) is 6.92 Å². The van der Waals surface area contributed by atoms with Crippen LogP contribution in [-0.4, -0.2) is 46.2 Å². The first-order chi connectivity index (χ1) is 10.1. The number of hydrogen-bond acceptors (Lipinski definition) is 3. The van der Waals surface area contributed by atoms with E-state index in [9.17, 15) is 14.7 Å². The molecule has 1 fully saturated rings. The molecule has 0 aromatic heterocycles. The highest BCUT2D eigenvalue weighted by Gasteiger charge is 2.38. The maximum absolute atomic E-state index is 12.7. The van der Waals surface area contributed by atoms with Crippen molar-refractivity contribution in [1.29, 1.82) is 0 Å². The Balaban J connectivity index is 1.88. The number of benzene rings is 1. The zero-order chi connectivity index (χ0) is 15.0. The molecule has 6 heteroatoms. The van der Waals surface area contributed by atoms with E-state index in [4.69, 9.17) is 0 Å². The second-order valence-electron chi connectivity index (χ2n) is 5.49. The van der Waals surface area contributed by atoms with Gasteiger partial charge in [0, 0.05) is 18.0 Å². The zero-order valence-electron chi connectivity index (χ0n) is 11.9. The van der Waals surface area contributed by atoms with Crippen molar-refractivity contribution < 1.29 is 14.7 Å². The molecule has 2 heterocycles. The lowest BCUT2D eigenvalue weighted by molar-refractivity contribution is -0.140. The summed E-state index contributed by atoms with van der Waals surface area (Å²) >= 11 is 1.49. The Bertz CT molecular complexity index is 590. The van der Waals surface area contributed by atoms with Gasteiger partial charge in [-0.3, -0.25) is 4.90 Å². The minimum atomic E-state index is -0.922. The van der Waals surface area contributed by atoms with Crippen LogP contribution in [0.3, 0.4) is 0 Å². The molecule has 0 saturated carbocycles. The molecule has 0 unspecified atom stereocenters. The Morgan fingerprint density at radius 3 is 2.95 bits per heavy atom. The van der Waals surface area contributed by atoms with E-state index in [0.29, 0.717) is 18.2 Å². The van der Waals surface area contributed by atoms with Crippen molar-refractivity contribution >= 4 is 29.4 Å². The number of nitrogens with zero attached hydrogens (tertiary/aromatic N) is 2. The minimum Gasteiger partial charge on any atom is -0.480 e. The van der Waals surface area contributed by atoms with Crippen molar-refractivity contribution in [3.8, 4) is 0 Å². The SMILES string of the molecule is Cc1ccc2c(c1)CCCN2C(=O)N1CSC[C@H]1C(=O)O. The number of hydrogen-bond donors (Lipinski definition) is 1. The molecule has 0 bridgehead atoms. The summed E-state index contributed by atoms with van der Waals surface area (Å²) in [5.74, 6) is -0.00196.